The molecular weight excluding hydrogens is 348 g/mol. The molecule has 142 valence electrons. The second-order valence-corrected chi connectivity index (χ2v) is 7.57. The van der Waals surface area contributed by atoms with Crippen molar-refractivity contribution in [1.29, 1.82) is 0 Å². The SMILES string of the molecule is O=C(Cn1cnc2ccc([N+](=O)[O-])cc2c1=O)N1CCC2CCCCC2C1. The van der Waals surface area contributed by atoms with Crippen molar-refractivity contribution in [3.63, 3.8) is 0 Å². The zero-order valence-electron chi connectivity index (χ0n) is 15.0. The molecule has 8 heteroatoms. The molecule has 2 heterocycles. The van der Waals surface area contributed by atoms with Gasteiger partial charge in [0.15, 0.2) is 0 Å². The van der Waals surface area contributed by atoms with Crippen LogP contribution in [0, 0.1) is 22.0 Å². The van der Waals surface area contributed by atoms with Gasteiger partial charge in [-0.2, -0.15) is 0 Å². The molecule has 2 aromatic rings. The van der Waals surface area contributed by atoms with Gasteiger partial charge in [0.2, 0.25) is 5.91 Å². The summed E-state index contributed by atoms with van der Waals surface area (Å²) in [5.74, 6) is 1.21. The number of amides is 1. The monoisotopic (exact) mass is 370 g/mol. The highest BCUT2D eigenvalue weighted by molar-refractivity contribution is 5.81. The molecule has 1 aliphatic carbocycles. The van der Waals surface area contributed by atoms with E-state index in [1.165, 1.54) is 54.8 Å². The molecule has 1 saturated heterocycles. The van der Waals surface area contributed by atoms with Crippen LogP contribution < -0.4 is 5.56 Å². The molecule has 1 saturated carbocycles. The highest BCUT2D eigenvalue weighted by Gasteiger charge is 2.32. The lowest BCUT2D eigenvalue weighted by atomic mass is 9.75. The van der Waals surface area contributed by atoms with Gasteiger partial charge in [0, 0.05) is 25.2 Å². The van der Waals surface area contributed by atoms with Gasteiger partial charge in [-0.25, -0.2) is 4.98 Å². The standard InChI is InChI=1S/C19H22N4O4/c24-18(21-8-7-13-3-1-2-4-14(13)10-21)11-22-12-20-17-6-5-15(23(26)27)9-16(17)19(22)25/h5-6,9,12-14H,1-4,7-8,10-11H2. The van der Waals surface area contributed by atoms with E-state index >= 15 is 0 Å². The second-order valence-electron chi connectivity index (χ2n) is 7.57. The van der Waals surface area contributed by atoms with Crippen molar-refractivity contribution in [3.8, 4) is 0 Å². The smallest absolute Gasteiger partial charge is 0.270 e. The van der Waals surface area contributed by atoms with Crippen LogP contribution in [0.4, 0.5) is 5.69 Å². The Kier molecular flexibility index (Phi) is 4.63. The molecule has 1 aliphatic heterocycles. The molecule has 0 spiro atoms. The maximum atomic E-state index is 12.7. The van der Waals surface area contributed by atoms with Crippen LogP contribution in [0.3, 0.4) is 0 Å². The average molecular weight is 370 g/mol. The number of nitro groups is 1. The van der Waals surface area contributed by atoms with Gasteiger partial charge in [0.05, 0.1) is 22.2 Å². The van der Waals surface area contributed by atoms with Gasteiger partial charge in [0.25, 0.3) is 11.2 Å². The number of rotatable bonds is 3. The minimum atomic E-state index is -0.546. The summed E-state index contributed by atoms with van der Waals surface area (Å²) in [5.41, 5.74) is -0.202. The van der Waals surface area contributed by atoms with Crippen molar-refractivity contribution in [3.05, 3.63) is 45.0 Å². The number of aromatic nitrogens is 2. The van der Waals surface area contributed by atoms with Gasteiger partial charge in [-0.15, -0.1) is 0 Å². The molecule has 2 fully saturated rings. The van der Waals surface area contributed by atoms with Gasteiger partial charge < -0.3 is 4.90 Å². The van der Waals surface area contributed by atoms with E-state index in [2.05, 4.69) is 4.98 Å². The molecule has 8 nitrogen and oxygen atoms in total. The van der Waals surface area contributed by atoms with Crippen molar-refractivity contribution >= 4 is 22.5 Å². The fourth-order valence-electron chi connectivity index (χ4n) is 4.45. The lowest BCUT2D eigenvalue weighted by Crippen LogP contribution is -2.46. The van der Waals surface area contributed by atoms with Gasteiger partial charge in [-0.1, -0.05) is 19.3 Å². The van der Waals surface area contributed by atoms with Crippen molar-refractivity contribution < 1.29 is 9.72 Å². The predicted octanol–water partition coefficient (Wildman–Crippen LogP) is 2.34. The molecule has 27 heavy (non-hydrogen) atoms. The number of nitrogens with zero attached hydrogens (tertiary/aromatic N) is 4. The molecule has 2 atom stereocenters. The first-order chi connectivity index (χ1) is 13.0. The summed E-state index contributed by atoms with van der Waals surface area (Å²) in [6.45, 7) is 1.42. The van der Waals surface area contributed by atoms with Gasteiger partial charge in [0.1, 0.15) is 6.54 Å². The molecule has 4 rings (SSSR count). The van der Waals surface area contributed by atoms with Crippen LogP contribution in [0.5, 0.6) is 0 Å². The number of likely N-dealkylation sites (tertiary alicyclic amines) is 1. The summed E-state index contributed by atoms with van der Waals surface area (Å²) in [6.07, 6.45) is 7.35. The zero-order valence-corrected chi connectivity index (χ0v) is 15.0. The molecule has 0 radical (unpaired) electrons. The summed E-state index contributed by atoms with van der Waals surface area (Å²) < 4.78 is 1.25. The number of non-ortho nitro benzene ring substituents is 1. The molecular formula is C19H22N4O4. The van der Waals surface area contributed by atoms with Crippen molar-refractivity contribution in [2.45, 2.75) is 38.6 Å². The first-order valence-corrected chi connectivity index (χ1v) is 9.44. The predicted molar refractivity (Wildman–Crippen MR) is 99.3 cm³/mol. The van der Waals surface area contributed by atoms with E-state index in [9.17, 15) is 19.7 Å². The Morgan fingerprint density at radius 3 is 2.78 bits per heavy atom. The molecule has 1 aromatic carbocycles. The summed E-state index contributed by atoms with van der Waals surface area (Å²) in [4.78, 5) is 41.9. The number of piperidine rings is 1. The van der Waals surface area contributed by atoms with E-state index < -0.39 is 10.5 Å². The van der Waals surface area contributed by atoms with Crippen molar-refractivity contribution in [1.82, 2.24) is 14.5 Å². The Balaban J connectivity index is 1.54. The zero-order chi connectivity index (χ0) is 19.0. The third kappa shape index (κ3) is 3.43. The van der Waals surface area contributed by atoms with Gasteiger partial charge in [-0.05, 0) is 30.7 Å². The quantitative estimate of drug-likeness (QED) is 0.610. The van der Waals surface area contributed by atoms with Gasteiger partial charge in [-0.3, -0.25) is 24.3 Å². The number of benzene rings is 1. The largest absolute Gasteiger partial charge is 0.341 e. The Bertz CT molecular complexity index is 954. The minimum absolute atomic E-state index is 0.0815. The minimum Gasteiger partial charge on any atom is -0.341 e. The Morgan fingerprint density at radius 2 is 2.00 bits per heavy atom. The molecule has 1 amide bonds. The number of hydrogen-bond donors (Lipinski definition) is 0. The van der Waals surface area contributed by atoms with E-state index in [1.54, 1.807) is 0 Å². The highest BCUT2D eigenvalue weighted by Crippen LogP contribution is 2.36. The van der Waals surface area contributed by atoms with Gasteiger partial charge >= 0.3 is 0 Å². The van der Waals surface area contributed by atoms with Crippen molar-refractivity contribution in [2.75, 3.05) is 13.1 Å². The first-order valence-electron chi connectivity index (χ1n) is 9.44. The van der Waals surface area contributed by atoms with Crippen LogP contribution in [0.25, 0.3) is 10.9 Å². The van der Waals surface area contributed by atoms with E-state index in [4.69, 9.17) is 0 Å². The van der Waals surface area contributed by atoms with Crippen LogP contribution in [0.15, 0.2) is 29.3 Å². The maximum Gasteiger partial charge on any atom is 0.270 e. The Labute approximate surface area is 156 Å². The van der Waals surface area contributed by atoms with E-state index in [0.717, 1.165) is 25.4 Å². The van der Waals surface area contributed by atoms with Crippen LogP contribution in [-0.4, -0.2) is 38.4 Å². The third-order valence-electron chi connectivity index (χ3n) is 5.97. The molecule has 0 N–H and O–H groups in total. The first kappa shape index (κ1) is 17.6. The number of carbonyl (C=O) groups excluding carboxylic acids is 1. The normalized spacial score (nSPS) is 22.4. The number of carbonyl (C=O) groups is 1. The summed E-state index contributed by atoms with van der Waals surface area (Å²) in [7, 11) is 0. The van der Waals surface area contributed by atoms with E-state index in [0.29, 0.717) is 11.4 Å². The second kappa shape index (κ2) is 7.09. The molecule has 0 bridgehead atoms. The van der Waals surface area contributed by atoms with E-state index in [1.807, 2.05) is 4.90 Å². The molecule has 2 unspecified atom stereocenters. The fraction of sp³-hybridized carbons (Fsp3) is 0.526. The van der Waals surface area contributed by atoms with Crippen LogP contribution in [-0.2, 0) is 11.3 Å². The highest BCUT2D eigenvalue weighted by atomic mass is 16.6. The summed E-state index contributed by atoms with van der Waals surface area (Å²) in [5, 5.41) is 11.1. The Hall–Kier alpha value is -2.77. The lowest BCUT2D eigenvalue weighted by Gasteiger charge is -2.41. The van der Waals surface area contributed by atoms with Crippen molar-refractivity contribution in [2.24, 2.45) is 11.8 Å². The summed E-state index contributed by atoms with van der Waals surface area (Å²) in [6, 6.07) is 3.99. The van der Waals surface area contributed by atoms with Crippen LogP contribution >= 0.6 is 0 Å². The van der Waals surface area contributed by atoms with E-state index in [-0.39, 0.29) is 23.5 Å². The Morgan fingerprint density at radius 1 is 1.22 bits per heavy atom. The summed E-state index contributed by atoms with van der Waals surface area (Å²) >= 11 is 0. The number of fused-ring (bicyclic) bond motifs is 2. The molecule has 1 aromatic heterocycles. The van der Waals surface area contributed by atoms with Crippen LogP contribution in [0.1, 0.15) is 32.1 Å². The third-order valence-corrected chi connectivity index (χ3v) is 5.97. The number of nitro benzene ring substituents is 1. The fourth-order valence-corrected chi connectivity index (χ4v) is 4.45. The average Bonchev–Trinajstić information content (AvgIpc) is 2.69. The number of hydrogen-bond acceptors (Lipinski definition) is 5. The topological polar surface area (TPSA) is 98.3 Å². The van der Waals surface area contributed by atoms with Crippen LogP contribution in [0.2, 0.25) is 0 Å². The molecule has 2 aliphatic rings. The maximum absolute atomic E-state index is 12.7. The lowest BCUT2D eigenvalue weighted by molar-refractivity contribution is -0.384.